The number of carbonyl (C=O) groups excluding carboxylic acids is 3. The standard InChI is InChI=1S/C24H28Cl2N2O5/c1-2-33-23(31)24-7-3-4-20(24)28(15-16-5-6-18(25)13-19(16)26)22(30)17(14-24)12-21(29)27-8-10-32-11-9-27/h4-6,13,17H,2-3,7-12,14-15H2,1H3/t17-,24+/m1/s1. The van der Waals surface area contributed by atoms with Gasteiger partial charge in [0, 0.05) is 41.2 Å². The summed E-state index contributed by atoms with van der Waals surface area (Å²) in [5.41, 5.74) is 0.450. The molecule has 0 radical (unpaired) electrons. The lowest BCUT2D eigenvalue weighted by Gasteiger charge is -2.44. The number of benzene rings is 1. The average Bonchev–Trinajstić information content (AvgIpc) is 3.23. The summed E-state index contributed by atoms with van der Waals surface area (Å²) in [6.45, 7) is 4.23. The summed E-state index contributed by atoms with van der Waals surface area (Å²) in [6.07, 6.45) is 3.49. The molecule has 2 aliphatic heterocycles. The molecule has 3 aliphatic rings. The highest BCUT2D eigenvalue weighted by atomic mass is 35.5. The Morgan fingerprint density at radius 2 is 2.00 bits per heavy atom. The first-order valence-electron chi connectivity index (χ1n) is 11.3. The first kappa shape index (κ1) is 24.0. The molecule has 178 valence electrons. The second-order valence-electron chi connectivity index (χ2n) is 8.69. The van der Waals surface area contributed by atoms with Crippen LogP contribution in [0.1, 0.15) is 38.2 Å². The summed E-state index contributed by atoms with van der Waals surface area (Å²) in [5, 5.41) is 0.950. The molecule has 0 N–H and O–H groups in total. The van der Waals surface area contributed by atoms with E-state index in [1.165, 1.54) is 0 Å². The van der Waals surface area contributed by atoms with E-state index in [4.69, 9.17) is 32.7 Å². The minimum atomic E-state index is -0.932. The number of amides is 2. The number of hydrogen-bond donors (Lipinski definition) is 0. The van der Waals surface area contributed by atoms with Gasteiger partial charge in [0.1, 0.15) is 5.41 Å². The van der Waals surface area contributed by atoms with E-state index in [0.29, 0.717) is 54.9 Å². The fraction of sp³-hybridized carbons (Fsp3) is 0.542. The number of carbonyl (C=O) groups is 3. The average molecular weight is 495 g/mol. The van der Waals surface area contributed by atoms with Crippen molar-refractivity contribution in [3.63, 3.8) is 0 Å². The molecule has 0 aromatic heterocycles. The normalized spacial score (nSPS) is 25.0. The number of ether oxygens (including phenoxy) is 2. The van der Waals surface area contributed by atoms with Crippen LogP contribution in [0.25, 0.3) is 0 Å². The number of hydrogen-bond acceptors (Lipinski definition) is 5. The van der Waals surface area contributed by atoms with Crippen molar-refractivity contribution in [1.82, 2.24) is 9.80 Å². The Morgan fingerprint density at radius 1 is 1.24 bits per heavy atom. The Bertz CT molecular complexity index is 976. The second kappa shape index (κ2) is 10.0. The summed E-state index contributed by atoms with van der Waals surface area (Å²) >= 11 is 12.4. The van der Waals surface area contributed by atoms with Crippen LogP contribution in [-0.4, -0.2) is 60.5 Å². The largest absolute Gasteiger partial charge is 0.465 e. The van der Waals surface area contributed by atoms with Crippen molar-refractivity contribution >= 4 is 41.0 Å². The summed E-state index contributed by atoms with van der Waals surface area (Å²) in [7, 11) is 0. The second-order valence-corrected chi connectivity index (χ2v) is 9.53. The van der Waals surface area contributed by atoms with Gasteiger partial charge in [0.2, 0.25) is 11.8 Å². The van der Waals surface area contributed by atoms with Crippen molar-refractivity contribution in [2.75, 3.05) is 32.9 Å². The quantitative estimate of drug-likeness (QED) is 0.561. The summed E-state index contributed by atoms with van der Waals surface area (Å²) in [6, 6.07) is 5.13. The van der Waals surface area contributed by atoms with E-state index in [-0.39, 0.29) is 43.8 Å². The molecule has 33 heavy (non-hydrogen) atoms. The lowest BCUT2D eigenvalue weighted by atomic mass is 9.71. The van der Waals surface area contributed by atoms with Gasteiger partial charge in [0.15, 0.2) is 0 Å². The van der Waals surface area contributed by atoms with Crippen molar-refractivity contribution in [2.45, 2.75) is 39.2 Å². The van der Waals surface area contributed by atoms with Crippen LogP contribution in [0.5, 0.6) is 0 Å². The molecule has 2 heterocycles. The van der Waals surface area contributed by atoms with Crippen LogP contribution < -0.4 is 0 Å². The van der Waals surface area contributed by atoms with Gasteiger partial charge >= 0.3 is 5.97 Å². The zero-order chi connectivity index (χ0) is 23.6. The van der Waals surface area contributed by atoms with Crippen molar-refractivity contribution in [3.8, 4) is 0 Å². The number of halogens is 2. The number of morpholine rings is 1. The van der Waals surface area contributed by atoms with Gasteiger partial charge in [0.25, 0.3) is 0 Å². The third-order valence-corrected chi connectivity index (χ3v) is 7.28. The Labute approximate surface area is 203 Å². The van der Waals surface area contributed by atoms with Gasteiger partial charge in [-0.1, -0.05) is 35.3 Å². The van der Waals surface area contributed by atoms with Gasteiger partial charge in [-0.05, 0) is 43.9 Å². The molecule has 2 atom stereocenters. The molecule has 1 aromatic rings. The maximum absolute atomic E-state index is 13.7. The molecule has 0 spiro atoms. The topological polar surface area (TPSA) is 76.2 Å². The molecule has 9 heteroatoms. The van der Waals surface area contributed by atoms with E-state index >= 15 is 0 Å². The van der Waals surface area contributed by atoms with Crippen LogP contribution in [0.4, 0.5) is 0 Å². The van der Waals surface area contributed by atoms with Gasteiger partial charge in [-0.25, -0.2) is 0 Å². The maximum atomic E-state index is 13.7. The number of esters is 1. The first-order chi connectivity index (χ1) is 15.9. The molecule has 4 rings (SSSR count). The van der Waals surface area contributed by atoms with Crippen molar-refractivity contribution in [3.05, 3.63) is 45.6 Å². The summed E-state index contributed by atoms with van der Waals surface area (Å²) in [4.78, 5) is 43.2. The fourth-order valence-corrected chi connectivity index (χ4v) is 5.52. The van der Waals surface area contributed by atoms with Crippen LogP contribution >= 0.6 is 23.2 Å². The number of nitrogens with zero attached hydrogens (tertiary/aromatic N) is 2. The molecule has 2 fully saturated rings. The number of piperidine rings is 1. The first-order valence-corrected chi connectivity index (χ1v) is 12.1. The highest BCUT2D eigenvalue weighted by Crippen LogP contribution is 2.51. The molecular formula is C24H28Cl2N2O5. The zero-order valence-electron chi connectivity index (χ0n) is 18.6. The Kier molecular flexibility index (Phi) is 7.31. The smallest absolute Gasteiger partial charge is 0.318 e. The van der Waals surface area contributed by atoms with Crippen molar-refractivity contribution in [2.24, 2.45) is 11.3 Å². The molecule has 1 aromatic carbocycles. The third-order valence-electron chi connectivity index (χ3n) is 6.69. The molecule has 0 bridgehead atoms. The number of likely N-dealkylation sites (tertiary alicyclic amines) is 1. The molecule has 1 aliphatic carbocycles. The lowest BCUT2D eigenvalue weighted by molar-refractivity contribution is -0.161. The van der Waals surface area contributed by atoms with Gasteiger partial charge in [-0.15, -0.1) is 0 Å². The minimum absolute atomic E-state index is 0.0537. The van der Waals surface area contributed by atoms with E-state index in [1.54, 1.807) is 34.9 Å². The van der Waals surface area contributed by atoms with Crippen molar-refractivity contribution < 1.29 is 23.9 Å². The predicted molar refractivity (Wildman–Crippen MR) is 124 cm³/mol. The summed E-state index contributed by atoms with van der Waals surface area (Å²) in [5.74, 6) is -1.22. The highest BCUT2D eigenvalue weighted by Gasteiger charge is 2.55. The van der Waals surface area contributed by atoms with Gasteiger partial charge < -0.3 is 19.3 Å². The highest BCUT2D eigenvalue weighted by molar-refractivity contribution is 6.35. The summed E-state index contributed by atoms with van der Waals surface area (Å²) < 4.78 is 10.8. The van der Waals surface area contributed by atoms with Crippen LogP contribution in [0.2, 0.25) is 10.0 Å². The van der Waals surface area contributed by atoms with E-state index in [0.717, 1.165) is 5.56 Å². The number of rotatable bonds is 6. The van der Waals surface area contributed by atoms with Gasteiger partial charge in [-0.3, -0.25) is 14.4 Å². The molecule has 7 nitrogen and oxygen atoms in total. The van der Waals surface area contributed by atoms with Gasteiger partial charge in [-0.2, -0.15) is 0 Å². The van der Waals surface area contributed by atoms with Crippen molar-refractivity contribution in [1.29, 1.82) is 0 Å². The Hall–Kier alpha value is -2.09. The SMILES string of the molecule is CCOC(=O)[C@]12CCC=C1N(Cc1ccc(Cl)cc1Cl)C(=O)[C@H](CC(=O)N1CCOCC1)C2. The monoisotopic (exact) mass is 494 g/mol. The van der Waals surface area contributed by atoms with Crippen LogP contribution in [0.3, 0.4) is 0 Å². The Balaban J connectivity index is 1.65. The number of fused-ring (bicyclic) bond motifs is 1. The maximum Gasteiger partial charge on any atom is 0.318 e. The van der Waals surface area contributed by atoms with Gasteiger partial charge in [0.05, 0.1) is 26.4 Å². The number of allylic oxidation sites excluding steroid dienone is 1. The molecule has 0 unspecified atom stereocenters. The van der Waals surface area contributed by atoms with E-state index in [1.807, 2.05) is 6.08 Å². The molecular weight excluding hydrogens is 467 g/mol. The fourth-order valence-electron chi connectivity index (χ4n) is 5.06. The Morgan fingerprint density at radius 3 is 2.70 bits per heavy atom. The van der Waals surface area contributed by atoms with Crippen LogP contribution in [-0.2, 0) is 30.4 Å². The molecule has 2 saturated heterocycles. The molecule has 2 amide bonds. The van der Waals surface area contributed by atoms with E-state index in [9.17, 15) is 14.4 Å². The van der Waals surface area contributed by atoms with Crippen LogP contribution in [0, 0.1) is 11.3 Å². The third kappa shape index (κ3) is 4.77. The van der Waals surface area contributed by atoms with E-state index < -0.39 is 11.3 Å². The zero-order valence-corrected chi connectivity index (χ0v) is 20.2. The van der Waals surface area contributed by atoms with E-state index in [2.05, 4.69) is 0 Å². The minimum Gasteiger partial charge on any atom is -0.465 e. The molecule has 0 saturated carbocycles. The lowest BCUT2D eigenvalue weighted by Crippen LogP contribution is -2.52. The predicted octanol–water partition coefficient (Wildman–Crippen LogP) is 3.82. The van der Waals surface area contributed by atoms with Crippen LogP contribution in [0.15, 0.2) is 30.0 Å².